The predicted molar refractivity (Wildman–Crippen MR) is 70.0 cm³/mol. The number of hydrogen-bond donors (Lipinski definition) is 1. The molecule has 0 saturated heterocycles. The minimum absolute atomic E-state index is 0. The zero-order chi connectivity index (χ0) is 10.6. The van der Waals surface area contributed by atoms with Gasteiger partial charge < -0.3 is 10.5 Å². The van der Waals surface area contributed by atoms with Crippen LogP contribution in [0, 0.1) is 3.57 Å². The first-order valence-corrected chi connectivity index (χ1v) is 5.30. The largest absolute Gasteiger partial charge is 0.469 e. The van der Waals surface area contributed by atoms with Gasteiger partial charge in [-0.05, 0) is 34.2 Å². The first kappa shape index (κ1) is 14.7. The van der Waals surface area contributed by atoms with E-state index in [0.717, 1.165) is 9.13 Å². The van der Waals surface area contributed by atoms with E-state index in [9.17, 15) is 4.79 Å². The second-order valence-corrected chi connectivity index (χ2v) is 4.07. The van der Waals surface area contributed by atoms with E-state index >= 15 is 0 Å². The van der Waals surface area contributed by atoms with E-state index in [2.05, 4.69) is 27.3 Å². The Hall–Kier alpha value is -0.330. The number of carbonyl (C=O) groups is 1. The van der Waals surface area contributed by atoms with Gasteiger partial charge in [-0.25, -0.2) is 0 Å². The maximum atomic E-state index is 11.0. The molecule has 3 nitrogen and oxygen atoms in total. The van der Waals surface area contributed by atoms with Crippen LogP contribution >= 0.6 is 35.0 Å². The Morgan fingerprint density at radius 2 is 2.13 bits per heavy atom. The lowest BCUT2D eigenvalue weighted by molar-refractivity contribution is -0.141. The van der Waals surface area contributed by atoms with Gasteiger partial charge in [-0.2, -0.15) is 0 Å². The summed E-state index contributed by atoms with van der Waals surface area (Å²) in [5.41, 5.74) is 6.85. The van der Waals surface area contributed by atoms with Gasteiger partial charge in [0.1, 0.15) is 0 Å². The van der Waals surface area contributed by atoms with Gasteiger partial charge >= 0.3 is 5.97 Å². The van der Waals surface area contributed by atoms with Gasteiger partial charge in [-0.3, -0.25) is 4.79 Å². The molecule has 0 spiro atoms. The first-order chi connectivity index (χ1) is 6.65. The average Bonchev–Trinajstić information content (AvgIpc) is 2.18. The van der Waals surface area contributed by atoms with Crippen molar-refractivity contribution in [1.29, 1.82) is 0 Å². The monoisotopic (exact) mass is 341 g/mol. The van der Waals surface area contributed by atoms with E-state index in [1.54, 1.807) is 0 Å². The normalized spacial score (nSPS) is 11.4. The number of nitrogens with two attached hydrogens (primary N) is 1. The fraction of sp³-hybridized carbons (Fsp3) is 0.300. The molecule has 1 aromatic rings. The maximum Gasteiger partial charge on any atom is 0.307 e. The molecule has 84 valence electrons. The van der Waals surface area contributed by atoms with Gasteiger partial charge in [0.25, 0.3) is 0 Å². The first-order valence-electron chi connectivity index (χ1n) is 4.22. The van der Waals surface area contributed by atoms with Crippen molar-refractivity contribution in [3.8, 4) is 0 Å². The van der Waals surface area contributed by atoms with E-state index in [-0.39, 0.29) is 30.8 Å². The third kappa shape index (κ3) is 4.36. The van der Waals surface area contributed by atoms with Gasteiger partial charge in [0.15, 0.2) is 0 Å². The number of carbonyl (C=O) groups excluding carboxylic acids is 1. The highest BCUT2D eigenvalue weighted by Crippen LogP contribution is 2.20. The highest BCUT2D eigenvalue weighted by Gasteiger charge is 2.13. The molecule has 0 radical (unpaired) electrons. The minimum Gasteiger partial charge on any atom is -0.469 e. The van der Waals surface area contributed by atoms with Crippen molar-refractivity contribution in [2.24, 2.45) is 5.73 Å². The van der Waals surface area contributed by atoms with Crippen LogP contribution in [0.3, 0.4) is 0 Å². The van der Waals surface area contributed by atoms with Crippen LogP contribution in [0.25, 0.3) is 0 Å². The summed E-state index contributed by atoms with van der Waals surface area (Å²) in [6, 6.07) is 7.46. The molecule has 0 fully saturated rings. The topological polar surface area (TPSA) is 52.3 Å². The predicted octanol–water partition coefficient (Wildman–Crippen LogP) is 2.28. The summed E-state index contributed by atoms with van der Waals surface area (Å²) < 4.78 is 5.63. The van der Waals surface area contributed by atoms with Crippen molar-refractivity contribution in [3.05, 3.63) is 33.4 Å². The maximum absolute atomic E-state index is 11.0. The zero-order valence-electron chi connectivity index (χ0n) is 8.27. The third-order valence-electron chi connectivity index (χ3n) is 1.92. The van der Waals surface area contributed by atoms with Gasteiger partial charge in [-0.1, -0.05) is 18.2 Å². The summed E-state index contributed by atoms with van der Waals surface area (Å²) in [5.74, 6) is -0.280. The zero-order valence-corrected chi connectivity index (χ0v) is 11.2. The third-order valence-corrected chi connectivity index (χ3v) is 2.90. The molecule has 0 saturated carbocycles. The molecule has 5 heteroatoms. The number of ether oxygens (including phenoxy) is 1. The quantitative estimate of drug-likeness (QED) is 0.678. The Balaban J connectivity index is 0.00000196. The Bertz CT molecular complexity index is 333. The molecular formula is C10H13ClINO2. The van der Waals surface area contributed by atoms with Gasteiger partial charge in [0.2, 0.25) is 0 Å². The van der Waals surface area contributed by atoms with Crippen LogP contribution in [0.1, 0.15) is 18.0 Å². The van der Waals surface area contributed by atoms with E-state index in [1.807, 2.05) is 24.3 Å². The lowest BCUT2D eigenvalue weighted by Crippen LogP contribution is -2.17. The number of rotatable bonds is 3. The van der Waals surface area contributed by atoms with Crippen LogP contribution in [-0.4, -0.2) is 13.1 Å². The van der Waals surface area contributed by atoms with E-state index in [0.29, 0.717) is 0 Å². The Morgan fingerprint density at radius 1 is 1.53 bits per heavy atom. The molecule has 0 unspecified atom stereocenters. The van der Waals surface area contributed by atoms with Crippen molar-refractivity contribution >= 4 is 41.0 Å². The summed E-state index contributed by atoms with van der Waals surface area (Å²) in [7, 11) is 1.37. The standard InChI is InChI=1S/C10H12INO2.ClH/c1-14-10(13)6-9(12)7-4-2-3-5-8(7)11;/h2-5,9H,6,12H2,1H3;1H/t9-;/m1./s1. The van der Waals surface area contributed by atoms with Gasteiger partial charge in [-0.15, -0.1) is 12.4 Å². The number of benzene rings is 1. The van der Waals surface area contributed by atoms with E-state index in [1.165, 1.54) is 7.11 Å². The smallest absolute Gasteiger partial charge is 0.307 e. The van der Waals surface area contributed by atoms with Crippen molar-refractivity contribution in [1.82, 2.24) is 0 Å². The van der Waals surface area contributed by atoms with Crippen molar-refractivity contribution in [2.75, 3.05) is 7.11 Å². The van der Waals surface area contributed by atoms with Crippen LogP contribution in [-0.2, 0) is 9.53 Å². The van der Waals surface area contributed by atoms with Crippen LogP contribution < -0.4 is 5.73 Å². The second-order valence-electron chi connectivity index (χ2n) is 2.91. The van der Waals surface area contributed by atoms with Gasteiger partial charge in [0, 0.05) is 9.61 Å². The number of hydrogen-bond acceptors (Lipinski definition) is 3. The SMILES string of the molecule is COC(=O)C[C@@H](N)c1ccccc1I.Cl. The summed E-state index contributed by atoms with van der Waals surface area (Å²) in [6.07, 6.45) is 0.219. The molecule has 0 aliphatic rings. The van der Waals surface area contributed by atoms with Gasteiger partial charge in [0.05, 0.1) is 13.5 Å². The molecule has 0 aliphatic heterocycles. The molecule has 0 aliphatic carbocycles. The Morgan fingerprint density at radius 3 is 2.67 bits per heavy atom. The highest BCUT2D eigenvalue weighted by molar-refractivity contribution is 14.1. The molecule has 1 atom stereocenters. The molecular weight excluding hydrogens is 328 g/mol. The molecule has 0 amide bonds. The lowest BCUT2D eigenvalue weighted by atomic mass is 10.1. The summed E-state index contributed by atoms with van der Waals surface area (Å²) in [4.78, 5) is 11.0. The molecule has 0 heterocycles. The summed E-state index contributed by atoms with van der Waals surface area (Å²) in [6.45, 7) is 0. The Kier molecular flexibility index (Phi) is 6.87. The Labute approximate surface area is 109 Å². The summed E-state index contributed by atoms with van der Waals surface area (Å²) in [5, 5.41) is 0. The van der Waals surface area contributed by atoms with E-state index < -0.39 is 0 Å². The van der Waals surface area contributed by atoms with Crippen LogP contribution in [0.15, 0.2) is 24.3 Å². The molecule has 0 bridgehead atoms. The fourth-order valence-corrected chi connectivity index (χ4v) is 1.94. The molecule has 0 aromatic heterocycles. The van der Waals surface area contributed by atoms with Crippen LogP contribution in [0.2, 0.25) is 0 Å². The summed E-state index contributed by atoms with van der Waals surface area (Å²) >= 11 is 2.20. The van der Waals surface area contributed by atoms with Crippen LogP contribution in [0.5, 0.6) is 0 Å². The number of halogens is 2. The lowest BCUT2D eigenvalue weighted by Gasteiger charge is -2.11. The van der Waals surface area contributed by atoms with Crippen LogP contribution in [0.4, 0.5) is 0 Å². The minimum atomic E-state index is -0.282. The number of methoxy groups -OCH3 is 1. The fourth-order valence-electron chi connectivity index (χ4n) is 1.15. The number of esters is 1. The average molecular weight is 342 g/mol. The molecule has 1 rings (SSSR count). The van der Waals surface area contributed by atoms with Crippen molar-refractivity contribution in [2.45, 2.75) is 12.5 Å². The van der Waals surface area contributed by atoms with Crippen molar-refractivity contribution in [3.63, 3.8) is 0 Å². The van der Waals surface area contributed by atoms with Crippen molar-refractivity contribution < 1.29 is 9.53 Å². The second kappa shape index (κ2) is 7.03. The molecule has 15 heavy (non-hydrogen) atoms. The highest BCUT2D eigenvalue weighted by atomic mass is 127. The molecule has 1 aromatic carbocycles. The van der Waals surface area contributed by atoms with E-state index in [4.69, 9.17) is 5.73 Å². The molecule has 2 N–H and O–H groups in total.